The lowest BCUT2D eigenvalue weighted by Gasteiger charge is -2.01. The fraction of sp³-hybridized carbons (Fsp3) is 0.357. The van der Waals surface area contributed by atoms with E-state index in [1.807, 2.05) is 19.1 Å². The van der Waals surface area contributed by atoms with Crippen LogP contribution in [0.3, 0.4) is 0 Å². The van der Waals surface area contributed by atoms with Crippen molar-refractivity contribution in [2.24, 2.45) is 7.05 Å². The lowest BCUT2D eigenvalue weighted by atomic mass is 10.1. The summed E-state index contributed by atoms with van der Waals surface area (Å²) in [4.78, 5) is 25.7. The predicted molar refractivity (Wildman–Crippen MR) is 76.8 cm³/mol. The van der Waals surface area contributed by atoms with Crippen molar-refractivity contribution in [2.75, 3.05) is 6.61 Å². The van der Waals surface area contributed by atoms with Crippen LogP contribution in [0, 0.1) is 6.92 Å². The molecule has 0 radical (unpaired) electrons. The number of carbonyl (C=O) groups is 2. The zero-order valence-electron chi connectivity index (χ0n) is 11.7. The van der Waals surface area contributed by atoms with Crippen LogP contribution in [0.5, 0.6) is 0 Å². The van der Waals surface area contributed by atoms with Crippen molar-refractivity contribution in [3.05, 3.63) is 28.9 Å². The molecule has 0 aliphatic carbocycles. The van der Waals surface area contributed by atoms with Gasteiger partial charge in [0.25, 0.3) is 0 Å². The SMILES string of the molecule is CCOC(=O)CC(=O)c1nn(C)cc1-c1ccc(C)s1. The van der Waals surface area contributed by atoms with Crippen molar-refractivity contribution >= 4 is 23.1 Å². The van der Waals surface area contributed by atoms with Gasteiger partial charge in [-0.25, -0.2) is 0 Å². The lowest BCUT2D eigenvalue weighted by Crippen LogP contribution is -2.12. The van der Waals surface area contributed by atoms with Gasteiger partial charge in [-0.1, -0.05) is 0 Å². The van der Waals surface area contributed by atoms with Crippen LogP contribution >= 0.6 is 11.3 Å². The van der Waals surface area contributed by atoms with Gasteiger partial charge < -0.3 is 4.74 Å². The van der Waals surface area contributed by atoms with Gasteiger partial charge in [0, 0.05) is 28.6 Å². The Kier molecular flexibility index (Phi) is 4.34. The summed E-state index contributed by atoms with van der Waals surface area (Å²) in [6.45, 7) is 3.99. The monoisotopic (exact) mass is 292 g/mol. The van der Waals surface area contributed by atoms with E-state index in [1.54, 1.807) is 36.2 Å². The third-order valence-corrected chi connectivity index (χ3v) is 3.74. The highest BCUT2D eigenvalue weighted by Crippen LogP contribution is 2.30. The minimum Gasteiger partial charge on any atom is -0.466 e. The molecule has 0 aliphatic rings. The minimum atomic E-state index is -0.517. The number of esters is 1. The third-order valence-electron chi connectivity index (χ3n) is 2.71. The van der Waals surface area contributed by atoms with E-state index in [2.05, 4.69) is 5.10 Å². The van der Waals surface area contributed by atoms with Crippen molar-refractivity contribution < 1.29 is 14.3 Å². The number of hydrogen-bond acceptors (Lipinski definition) is 5. The maximum atomic E-state index is 12.2. The summed E-state index contributed by atoms with van der Waals surface area (Å²) in [5, 5.41) is 4.18. The zero-order chi connectivity index (χ0) is 14.7. The molecule has 0 unspecified atom stereocenters. The van der Waals surface area contributed by atoms with Crippen LogP contribution in [0.15, 0.2) is 18.3 Å². The molecule has 2 aromatic rings. The summed E-state index contributed by atoms with van der Waals surface area (Å²) in [6.07, 6.45) is 1.52. The fourth-order valence-electron chi connectivity index (χ4n) is 1.88. The smallest absolute Gasteiger partial charge is 0.313 e. The first-order chi connectivity index (χ1) is 9.51. The highest BCUT2D eigenvalue weighted by atomic mass is 32.1. The first kappa shape index (κ1) is 14.5. The molecule has 2 rings (SSSR count). The molecule has 0 spiro atoms. The van der Waals surface area contributed by atoms with E-state index in [-0.39, 0.29) is 18.8 Å². The number of aryl methyl sites for hydroxylation is 2. The molecule has 2 heterocycles. The molecule has 0 aromatic carbocycles. The van der Waals surface area contributed by atoms with E-state index in [9.17, 15) is 9.59 Å². The Labute approximate surface area is 121 Å². The molecule has 0 saturated carbocycles. The van der Waals surface area contributed by atoms with Gasteiger partial charge in [0.15, 0.2) is 5.78 Å². The number of thiophene rings is 1. The quantitative estimate of drug-likeness (QED) is 0.483. The Morgan fingerprint density at radius 3 is 2.75 bits per heavy atom. The summed E-state index contributed by atoms with van der Waals surface area (Å²) >= 11 is 1.59. The molecule has 106 valence electrons. The fourth-order valence-corrected chi connectivity index (χ4v) is 2.76. The number of Topliss-reactive ketones (excluding diaryl/α,β-unsaturated/α-hetero) is 1. The summed E-state index contributed by atoms with van der Waals surface area (Å²) in [6, 6.07) is 3.95. The third kappa shape index (κ3) is 3.14. The molecule has 2 aromatic heterocycles. The van der Waals surface area contributed by atoms with E-state index in [0.717, 1.165) is 15.3 Å². The Morgan fingerprint density at radius 2 is 2.15 bits per heavy atom. The molecule has 0 saturated heterocycles. The van der Waals surface area contributed by atoms with Gasteiger partial charge in [0.05, 0.1) is 6.61 Å². The van der Waals surface area contributed by atoms with Crippen LogP contribution in [0.1, 0.15) is 28.7 Å². The molecule has 0 atom stereocenters. The van der Waals surface area contributed by atoms with Crippen LogP contribution in [0.2, 0.25) is 0 Å². The summed E-state index contributed by atoms with van der Waals surface area (Å²) in [5.74, 6) is -0.832. The van der Waals surface area contributed by atoms with Crippen molar-refractivity contribution in [3.63, 3.8) is 0 Å². The Morgan fingerprint density at radius 1 is 1.40 bits per heavy atom. The van der Waals surface area contributed by atoms with Crippen LogP contribution in [-0.2, 0) is 16.6 Å². The molecular formula is C14H16N2O3S. The highest BCUT2D eigenvalue weighted by Gasteiger charge is 2.21. The summed E-state index contributed by atoms with van der Waals surface area (Å²) in [5.41, 5.74) is 1.09. The first-order valence-corrected chi connectivity index (χ1v) is 7.12. The number of aromatic nitrogens is 2. The Balaban J connectivity index is 2.28. The van der Waals surface area contributed by atoms with Crippen LogP contribution in [0.4, 0.5) is 0 Å². The number of ketones is 1. The van der Waals surface area contributed by atoms with E-state index in [4.69, 9.17) is 4.74 Å². The number of carbonyl (C=O) groups excluding carboxylic acids is 2. The minimum absolute atomic E-state index is 0.269. The zero-order valence-corrected chi connectivity index (χ0v) is 12.5. The second-order valence-electron chi connectivity index (χ2n) is 4.38. The van der Waals surface area contributed by atoms with Crippen LogP contribution < -0.4 is 0 Å². The number of hydrogen-bond donors (Lipinski definition) is 0. The molecule has 6 heteroatoms. The molecule has 0 aliphatic heterocycles. The van der Waals surface area contributed by atoms with Gasteiger partial charge in [-0.05, 0) is 26.0 Å². The van der Waals surface area contributed by atoms with E-state index >= 15 is 0 Å². The van der Waals surface area contributed by atoms with Crippen molar-refractivity contribution in [1.82, 2.24) is 9.78 Å². The highest BCUT2D eigenvalue weighted by molar-refractivity contribution is 7.15. The Bertz CT molecular complexity index is 643. The van der Waals surface area contributed by atoms with Gasteiger partial charge in [0.2, 0.25) is 0 Å². The van der Waals surface area contributed by atoms with Crippen molar-refractivity contribution in [1.29, 1.82) is 0 Å². The van der Waals surface area contributed by atoms with Gasteiger partial charge in [0.1, 0.15) is 12.1 Å². The molecule has 0 amide bonds. The topological polar surface area (TPSA) is 61.2 Å². The lowest BCUT2D eigenvalue weighted by molar-refractivity contribution is -0.141. The standard InChI is InChI=1S/C14H16N2O3S/c1-4-19-13(18)7-11(17)14-10(8-16(3)15-14)12-6-5-9(2)20-12/h5-6,8H,4,7H2,1-3H3. The Hall–Kier alpha value is -1.95. The van der Waals surface area contributed by atoms with Gasteiger partial charge in [-0.15, -0.1) is 11.3 Å². The van der Waals surface area contributed by atoms with E-state index < -0.39 is 5.97 Å². The number of nitrogens with zero attached hydrogens (tertiary/aromatic N) is 2. The molecule has 20 heavy (non-hydrogen) atoms. The van der Waals surface area contributed by atoms with Crippen LogP contribution in [0.25, 0.3) is 10.4 Å². The van der Waals surface area contributed by atoms with Crippen molar-refractivity contribution in [2.45, 2.75) is 20.3 Å². The molecule has 0 N–H and O–H groups in total. The molecule has 0 fully saturated rings. The average Bonchev–Trinajstić information content (AvgIpc) is 2.95. The van der Waals surface area contributed by atoms with E-state index in [1.165, 1.54) is 0 Å². The average molecular weight is 292 g/mol. The normalized spacial score (nSPS) is 10.6. The second-order valence-corrected chi connectivity index (χ2v) is 5.67. The molecule has 5 nitrogen and oxygen atoms in total. The summed E-state index contributed by atoms with van der Waals surface area (Å²) < 4.78 is 6.38. The largest absolute Gasteiger partial charge is 0.466 e. The van der Waals surface area contributed by atoms with Gasteiger partial charge in [-0.3, -0.25) is 14.3 Å². The van der Waals surface area contributed by atoms with Gasteiger partial charge in [-0.2, -0.15) is 5.10 Å². The maximum absolute atomic E-state index is 12.2. The number of ether oxygens (including phenoxy) is 1. The molecular weight excluding hydrogens is 276 g/mol. The second kappa shape index (κ2) is 6.00. The number of rotatable bonds is 5. The molecule has 0 bridgehead atoms. The maximum Gasteiger partial charge on any atom is 0.313 e. The van der Waals surface area contributed by atoms with E-state index in [0.29, 0.717) is 5.69 Å². The first-order valence-electron chi connectivity index (χ1n) is 6.30. The predicted octanol–water partition coefficient (Wildman–Crippen LogP) is 2.59. The van der Waals surface area contributed by atoms with Crippen molar-refractivity contribution in [3.8, 4) is 10.4 Å². The van der Waals surface area contributed by atoms with Crippen LogP contribution in [-0.4, -0.2) is 28.1 Å². The van der Waals surface area contributed by atoms with Gasteiger partial charge >= 0.3 is 5.97 Å². The summed E-state index contributed by atoms with van der Waals surface area (Å²) in [7, 11) is 1.76.